The van der Waals surface area contributed by atoms with Crippen molar-refractivity contribution in [1.29, 1.82) is 0 Å². The SMILES string of the molecule is COc1ccccc1C(C)NC(=O)c1ccc(NC(N)=O)cc1. The van der Waals surface area contributed by atoms with Crippen LogP contribution in [0.25, 0.3) is 0 Å². The largest absolute Gasteiger partial charge is 0.496 e. The minimum atomic E-state index is -0.646. The molecule has 0 spiro atoms. The molecule has 0 aliphatic heterocycles. The van der Waals surface area contributed by atoms with E-state index in [2.05, 4.69) is 10.6 Å². The van der Waals surface area contributed by atoms with Gasteiger partial charge in [0.15, 0.2) is 0 Å². The number of carbonyl (C=O) groups is 2. The van der Waals surface area contributed by atoms with Crippen molar-refractivity contribution in [3.8, 4) is 5.75 Å². The first kappa shape index (κ1) is 16.4. The fourth-order valence-electron chi connectivity index (χ4n) is 2.23. The zero-order valence-corrected chi connectivity index (χ0v) is 13.0. The summed E-state index contributed by atoms with van der Waals surface area (Å²) in [5, 5.41) is 5.36. The highest BCUT2D eigenvalue weighted by Crippen LogP contribution is 2.24. The number of rotatable bonds is 5. The molecule has 2 aromatic rings. The van der Waals surface area contributed by atoms with Crippen LogP contribution >= 0.6 is 0 Å². The highest BCUT2D eigenvalue weighted by Gasteiger charge is 2.14. The van der Waals surface area contributed by atoms with Crippen molar-refractivity contribution >= 4 is 17.6 Å². The number of ether oxygens (including phenoxy) is 1. The van der Waals surface area contributed by atoms with Crippen molar-refractivity contribution in [2.75, 3.05) is 12.4 Å². The number of hydrogen-bond donors (Lipinski definition) is 3. The Kier molecular flexibility index (Phi) is 5.19. The summed E-state index contributed by atoms with van der Waals surface area (Å²) in [5.74, 6) is 0.510. The van der Waals surface area contributed by atoms with Crippen LogP contribution in [0, 0.1) is 0 Å². The lowest BCUT2D eigenvalue weighted by molar-refractivity contribution is 0.0939. The van der Waals surface area contributed by atoms with Gasteiger partial charge < -0.3 is 21.1 Å². The molecule has 6 heteroatoms. The average Bonchev–Trinajstić information content (AvgIpc) is 2.54. The summed E-state index contributed by atoms with van der Waals surface area (Å²) in [6.45, 7) is 1.89. The van der Waals surface area contributed by atoms with Crippen molar-refractivity contribution in [2.45, 2.75) is 13.0 Å². The first-order chi connectivity index (χ1) is 11.0. The van der Waals surface area contributed by atoms with Crippen LogP contribution in [-0.2, 0) is 0 Å². The molecule has 0 saturated heterocycles. The van der Waals surface area contributed by atoms with Crippen LogP contribution < -0.4 is 21.1 Å². The molecule has 0 bridgehead atoms. The Morgan fingerprint density at radius 3 is 2.35 bits per heavy atom. The number of nitrogens with one attached hydrogen (secondary N) is 2. The van der Waals surface area contributed by atoms with Gasteiger partial charge in [0, 0.05) is 16.8 Å². The second kappa shape index (κ2) is 7.31. The molecule has 0 aromatic heterocycles. The molecule has 2 aromatic carbocycles. The van der Waals surface area contributed by atoms with E-state index < -0.39 is 6.03 Å². The molecule has 0 heterocycles. The summed E-state index contributed by atoms with van der Waals surface area (Å²) in [4.78, 5) is 23.1. The third kappa shape index (κ3) is 4.23. The van der Waals surface area contributed by atoms with E-state index >= 15 is 0 Å². The predicted octanol–water partition coefficient (Wildman–Crippen LogP) is 2.68. The highest BCUT2D eigenvalue weighted by atomic mass is 16.5. The van der Waals surface area contributed by atoms with Gasteiger partial charge in [-0.25, -0.2) is 4.79 Å². The van der Waals surface area contributed by atoms with Crippen LogP contribution in [0.4, 0.5) is 10.5 Å². The molecular formula is C17H19N3O3. The lowest BCUT2D eigenvalue weighted by Gasteiger charge is -2.17. The van der Waals surface area contributed by atoms with Crippen molar-refractivity contribution in [3.05, 3.63) is 59.7 Å². The van der Waals surface area contributed by atoms with Gasteiger partial charge in [-0.1, -0.05) is 18.2 Å². The fourth-order valence-corrected chi connectivity index (χ4v) is 2.23. The summed E-state index contributed by atoms with van der Waals surface area (Å²) < 4.78 is 5.30. The molecule has 1 unspecified atom stereocenters. The van der Waals surface area contributed by atoms with Crippen molar-refractivity contribution in [2.24, 2.45) is 5.73 Å². The molecule has 0 aliphatic carbocycles. The van der Waals surface area contributed by atoms with E-state index in [1.807, 2.05) is 31.2 Å². The Morgan fingerprint density at radius 1 is 1.09 bits per heavy atom. The average molecular weight is 313 g/mol. The first-order valence-electron chi connectivity index (χ1n) is 7.11. The second-order valence-electron chi connectivity index (χ2n) is 5.00. The summed E-state index contributed by atoms with van der Waals surface area (Å²) >= 11 is 0. The molecule has 4 N–H and O–H groups in total. The number of amides is 3. The van der Waals surface area contributed by atoms with Gasteiger partial charge in [0.25, 0.3) is 5.91 Å². The van der Waals surface area contributed by atoms with E-state index in [1.54, 1.807) is 31.4 Å². The maximum absolute atomic E-state index is 12.3. The maximum Gasteiger partial charge on any atom is 0.316 e. The van der Waals surface area contributed by atoms with Crippen LogP contribution in [0.15, 0.2) is 48.5 Å². The number of anilines is 1. The smallest absolute Gasteiger partial charge is 0.316 e. The quantitative estimate of drug-likeness (QED) is 0.792. The first-order valence-corrected chi connectivity index (χ1v) is 7.11. The van der Waals surface area contributed by atoms with Crippen molar-refractivity contribution < 1.29 is 14.3 Å². The van der Waals surface area contributed by atoms with Crippen LogP contribution in [-0.4, -0.2) is 19.0 Å². The molecule has 0 aliphatic rings. The number of benzene rings is 2. The Morgan fingerprint density at radius 2 is 1.74 bits per heavy atom. The zero-order chi connectivity index (χ0) is 16.8. The Hall–Kier alpha value is -3.02. The minimum absolute atomic E-state index is 0.206. The standard InChI is InChI=1S/C17H19N3O3/c1-11(14-5-3-4-6-15(14)23-2)19-16(21)12-7-9-13(10-8-12)20-17(18)22/h3-11H,1-2H3,(H,19,21)(H3,18,20,22). The molecule has 3 amide bonds. The third-order valence-corrected chi connectivity index (χ3v) is 3.37. The lowest BCUT2D eigenvalue weighted by Crippen LogP contribution is -2.27. The Balaban J connectivity index is 2.07. The monoisotopic (exact) mass is 313 g/mol. The summed E-state index contributed by atoms with van der Waals surface area (Å²) in [6, 6.07) is 13.2. The van der Waals surface area contributed by atoms with E-state index in [9.17, 15) is 9.59 Å². The zero-order valence-electron chi connectivity index (χ0n) is 13.0. The van der Waals surface area contributed by atoms with Gasteiger partial charge in [0.2, 0.25) is 0 Å². The molecule has 2 rings (SSSR count). The molecule has 120 valence electrons. The normalized spacial score (nSPS) is 11.4. The number of methoxy groups -OCH3 is 1. The second-order valence-corrected chi connectivity index (χ2v) is 5.00. The van der Waals surface area contributed by atoms with Crippen molar-refractivity contribution in [1.82, 2.24) is 5.32 Å². The highest BCUT2D eigenvalue weighted by molar-refractivity contribution is 5.95. The molecule has 23 heavy (non-hydrogen) atoms. The molecular weight excluding hydrogens is 294 g/mol. The van der Waals surface area contributed by atoms with E-state index in [0.29, 0.717) is 11.3 Å². The van der Waals surface area contributed by atoms with E-state index in [1.165, 1.54) is 0 Å². The van der Waals surface area contributed by atoms with Crippen molar-refractivity contribution in [3.63, 3.8) is 0 Å². The van der Waals surface area contributed by atoms with Gasteiger partial charge in [-0.15, -0.1) is 0 Å². The topological polar surface area (TPSA) is 93.4 Å². The summed E-state index contributed by atoms with van der Waals surface area (Å²) in [6.07, 6.45) is 0. The van der Waals surface area contributed by atoms with Gasteiger partial charge in [0.05, 0.1) is 13.2 Å². The van der Waals surface area contributed by atoms with Gasteiger partial charge in [-0.3, -0.25) is 4.79 Å². The number of urea groups is 1. The minimum Gasteiger partial charge on any atom is -0.496 e. The van der Waals surface area contributed by atoms with Crippen LogP contribution in [0.2, 0.25) is 0 Å². The molecule has 1 atom stereocenters. The van der Waals surface area contributed by atoms with Crippen LogP contribution in [0.3, 0.4) is 0 Å². The third-order valence-electron chi connectivity index (χ3n) is 3.37. The van der Waals surface area contributed by atoms with Crippen LogP contribution in [0.5, 0.6) is 5.75 Å². The molecule has 6 nitrogen and oxygen atoms in total. The lowest BCUT2D eigenvalue weighted by atomic mass is 10.1. The number of primary amides is 1. The Labute approximate surface area is 134 Å². The summed E-state index contributed by atoms with van der Waals surface area (Å²) in [7, 11) is 1.60. The van der Waals surface area contributed by atoms with E-state index in [4.69, 9.17) is 10.5 Å². The molecule has 0 saturated carbocycles. The van der Waals surface area contributed by atoms with E-state index in [-0.39, 0.29) is 11.9 Å². The maximum atomic E-state index is 12.3. The number of nitrogens with two attached hydrogens (primary N) is 1. The Bertz CT molecular complexity index is 698. The predicted molar refractivity (Wildman–Crippen MR) is 88.5 cm³/mol. The van der Waals surface area contributed by atoms with E-state index in [0.717, 1.165) is 11.3 Å². The van der Waals surface area contributed by atoms with Gasteiger partial charge in [-0.2, -0.15) is 0 Å². The van der Waals surface area contributed by atoms with Gasteiger partial charge >= 0.3 is 6.03 Å². The molecule has 0 fully saturated rings. The van der Waals surface area contributed by atoms with Gasteiger partial charge in [0.1, 0.15) is 5.75 Å². The summed E-state index contributed by atoms with van der Waals surface area (Å²) in [5.41, 5.74) is 6.96. The number of hydrogen-bond acceptors (Lipinski definition) is 3. The number of carbonyl (C=O) groups excluding carboxylic acids is 2. The van der Waals surface area contributed by atoms with Gasteiger partial charge in [-0.05, 0) is 37.3 Å². The fraction of sp³-hybridized carbons (Fsp3) is 0.176. The molecule has 0 radical (unpaired) electrons. The number of para-hydroxylation sites is 1. The van der Waals surface area contributed by atoms with Crippen LogP contribution in [0.1, 0.15) is 28.9 Å².